The van der Waals surface area contributed by atoms with E-state index < -0.39 is 33.8 Å². The number of methoxy groups -OCH3 is 1. The molecule has 2 aliphatic heterocycles. The minimum Gasteiger partial charge on any atom is -0.453 e. The summed E-state index contributed by atoms with van der Waals surface area (Å²) in [5, 5.41) is 9.96. The molecule has 2 rings (SSSR count). The van der Waals surface area contributed by atoms with Gasteiger partial charge in [-0.1, -0.05) is 19.8 Å². The maximum Gasteiger partial charge on any atom is 0.410 e. The minimum atomic E-state index is -3.62. The van der Waals surface area contributed by atoms with Gasteiger partial charge in [-0.15, -0.1) is 0 Å². The second-order valence-electron chi connectivity index (χ2n) is 6.60. The quantitative estimate of drug-likeness (QED) is 0.731. The predicted octanol–water partition coefficient (Wildman–Crippen LogP) is 1.50. The monoisotopic (exact) mass is 349 g/mol. The highest BCUT2D eigenvalue weighted by Crippen LogP contribution is 2.51. The zero-order valence-electron chi connectivity index (χ0n) is 14.0. The van der Waals surface area contributed by atoms with Crippen molar-refractivity contribution in [1.82, 2.24) is 4.90 Å². The zero-order valence-corrected chi connectivity index (χ0v) is 14.8. The van der Waals surface area contributed by atoms with E-state index >= 15 is 0 Å². The molecule has 0 aliphatic carbocycles. The van der Waals surface area contributed by atoms with Gasteiger partial charge < -0.3 is 9.84 Å². The van der Waals surface area contributed by atoms with Crippen molar-refractivity contribution >= 4 is 16.2 Å². The SMILES string of the molecule is CCCC[C@@]12CC[C@@H](C[C@@H](OS(C)(=O)=O)[C@@H]1CO)N2C(=O)OC. The summed E-state index contributed by atoms with van der Waals surface area (Å²) in [6.45, 7) is 1.84. The smallest absolute Gasteiger partial charge is 0.410 e. The molecule has 2 saturated heterocycles. The second kappa shape index (κ2) is 6.94. The summed E-state index contributed by atoms with van der Waals surface area (Å²) in [4.78, 5) is 14.1. The number of amides is 1. The number of carbonyl (C=O) groups excluding carboxylic acids is 1. The third kappa shape index (κ3) is 3.49. The van der Waals surface area contributed by atoms with Crippen LogP contribution in [0.5, 0.6) is 0 Å². The minimum absolute atomic E-state index is 0.103. The molecule has 134 valence electrons. The van der Waals surface area contributed by atoms with Crippen LogP contribution in [0.15, 0.2) is 0 Å². The number of hydrogen-bond acceptors (Lipinski definition) is 6. The van der Waals surface area contributed by atoms with E-state index in [9.17, 15) is 18.3 Å². The average Bonchev–Trinajstić information content (AvgIpc) is 2.75. The van der Waals surface area contributed by atoms with Crippen LogP contribution in [0.4, 0.5) is 4.79 Å². The van der Waals surface area contributed by atoms with Crippen molar-refractivity contribution in [3.8, 4) is 0 Å². The van der Waals surface area contributed by atoms with Gasteiger partial charge in [0.05, 0.1) is 31.6 Å². The molecule has 1 N–H and O–H groups in total. The lowest BCUT2D eigenvalue weighted by Crippen LogP contribution is -2.63. The highest BCUT2D eigenvalue weighted by Gasteiger charge is 2.60. The van der Waals surface area contributed by atoms with E-state index in [1.165, 1.54) is 7.11 Å². The summed E-state index contributed by atoms with van der Waals surface area (Å²) in [6.07, 6.45) is 4.50. The summed E-state index contributed by atoms with van der Waals surface area (Å²) in [7, 11) is -2.27. The van der Waals surface area contributed by atoms with E-state index in [0.29, 0.717) is 12.8 Å². The van der Waals surface area contributed by atoms with Gasteiger partial charge in [0.2, 0.25) is 0 Å². The maximum atomic E-state index is 12.3. The van der Waals surface area contributed by atoms with Gasteiger partial charge in [0.15, 0.2) is 0 Å². The van der Waals surface area contributed by atoms with E-state index in [1.807, 2.05) is 0 Å². The van der Waals surface area contributed by atoms with Crippen LogP contribution in [0.25, 0.3) is 0 Å². The molecule has 2 heterocycles. The third-order valence-corrected chi connectivity index (χ3v) is 5.83. The maximum absolute atomic E-state index is 12.3. The highest BCUT2D eigenvalue weighted by molar-refractivity contribution is 7.86. The van der Waals surface area contributed by atoms with E-state index in [4.69, 9.17) is 8.92 Å². The first-order chi connectivity index (χ1) is 10.8. The fourth-order valence-electron chi connectivity index (χ4n) is 4.36. The fourth-order valence-corrected chi connectivity index (χ4v) is 5.02. The number of aliphatic hydroxyl groups is 1. The number of fused-ring (bicyclic) bond motifs is 2. The average molecular weight is 349 g/mol. The topological polar surface area (TPSA) is 93.1 Å². The highest BCUT2D eigenvalue weighted by atomic mass is 32.2. The van der Waals surface area contributed by atoms with E-state index in [2.05, 4.69) is 6.92 Å². The first-order valence-corrected chi connectivity index (χ1v) is 9.97. The lowest BCUT2D eigenvalue weighted by Gasteiger charge is -2.51. The molecule has 0 spiro atoms. The number of nitrogens with zero attached hydrogens (tertiary/aromatic N) is 1. The van der Waals surface area contributed by atoms with Crippen LogP contribution in [0, 0.1) is 5.92 Å². The number of hydrogen-bond donors (Lipinski definition) is 1. The normalized spacial score (nSPS) is 33.7. The molecule has 2 fully saturated rings. The fraction of sp³-hybridized carbons (Fsp3) is 0.933. The summed E-state index contributed by atoms with van der Waals surface area (Å²) >= 11 is 0. The van der Waals surface area contributed by atoms with Gasteiger partial charge in [0, 0.05) is 12.0 Å². The van der Waals surface area contributed by atoms with Gasteiger partial charge in [-0.05, 0) is 25.7 Å². The van der Waals surface area contributed by atoms with E-state index in [0.717, 1.165) is 31.9 Å². The molecule has 23 heavy (non-hydrogen) atoms. The number of carbonyl (C=O) groups is 1. The molecule has 2 bridgehead atoms. The Labute approximate surface area is 138 Å². The second-order valence-corrected chi connectivity index (χ2v) is 8.20. The Hall–Kier alpha value is -0.860. The van der Waals surface area contributed by atoms with Crippen molar-refractivity contribution in [2.24, 2.45) is 5.92 Å². The van der Waals surface area contributed by atoms with Crippen LogP contribution < -0.4 is 0 Å². The first-order valence-electron chi connectivity index (χ1n) is 8.15. The van der Waals surface area contributed by atoms with Crippen molar-refractivity contribution in [3.05, 3.63) is 0 Å². The molecule has 0 aromatic rings. The molecule has 0 aromatic heterocycles. The van der Waals surface area contributed by atoms with Crippen LogP contribution in [-0.2, 0) is 19.0 Å². The Morgan fingerprint density at radius 2 is 2.13 bits per heavy atom. The first kappa shape index (κ1) is 18.5. The van der Waals surface area contributed by atoms with Crippen molar-refractivity contribution in [2.45, 2.75) is 63.1 Å². The Balaban J connectivity index is 2.39. The molecule has 8 heteroatoms. The van der Waals surface area contributed by atoms with Crippen molar-refractivity contribution in [2.75, 3.05) is 20.0 Å². The summed E-state index contributed by atoms with van der Waals surface area (Å²) in [5.41, 5.74) is -0.587. The standard InChI is InChI=1S/C15H27NO6S/c1-4-5-7-15-8-6-11(16(15)14(18)21-2)9-13(12(15)10-17)22-23(3,19)20/h11-13,17H,4-10H2,1-3H3/t11-,12-,13+,15+/m0/s1. The van der Waals surface area contributed by atoms with Crippen LogP contribution in [-0.4, -0.2) is 62.2 Å². The molecule has 0 radical (unpaired) electrons. The Bertz CT molecular complexity index is 536. The molecular weight excluding hydrogens is 322 g/mol. The van der Waals surface area contributed by atoms with Gasteiger partial charge in [-0.3, -0.25) is 9.08 Å². The van der Waals surface area contributed by atoms with Gasteiger partial charge in [-0.2, -0.15) is 8.42 Å². The van der Waals surface area contributed by atoms with Crippen molar-refractivity contribution in [3.63, 3.8) is 0 Å². The molecular formula is C15H27NO6S. The molecule has 4 atom stereocenters. The lowest BCUT2D eigenvalue weighted by molar-refractivity contribution is -0.0746. The van der Waals surface area contributed by atoms with Crippen molar-refractivity contribution < 1.29 is 27.2 Å². The molecule has 0 aromatic carbocycles. The molecule has 0 unspecified atom stereocenters. The van der Waals surface area contributed by atoms with Gasteiger partial charge in [-0.25, -0.2) is 4.79 Å². The van der Waals surface area contributed by atoms with E-state index in [-0.39, 0.29) is 12.6 Å². The molecule has 2 aliphatic rings. The summed E-state index contributed by atoms with van der Waals surface area (Å²) in [5.74, 6) is -0.429. The summed E-state index contributed by atoms with van der Waals surface area (Å²) in [6, 6.07) is -0.103. The van der Waals surface area contributed by atoms with E-state index in [1.54, 1.807) is 4.90 Å². The third-order valence-electron chi connectivity index (χ3n) is 5.23. The lowest BCUT2D eigenvalue weighted by atomic mass is 9.73. The predicted molar refractivity (Wildman–Crippen MR) is 84.4 cm³/mol. The van der Waals surface area contributed by atoms with Gasteiger partial charge in [0.1, 0.15) is 0 Å². The Kier molecular flexibility index (Phi) is 5.58. The van der Waals surface area contributed by atoms with Crippen LogP contribution in [0.2, 0.25) is 0 Å². The Morgan fingerprint density at radius 1 is 1.43 bits per heavy atom. The number of rotatable bonds is 6. The Morgan fingerprint density at radius 3 is 2.65 bits per heavy atom. The number of piperidine rings is 1. The number of aliphatic hydroxyl groups excluding tert-OH is 1. The van der Waals surface area contributed by atoms with Gasteiger partial charge in [0.25, 0.3) is 10.1 Å². The van der Waals surface area contributed by atoms with Crippen molar-refractivity contribution in [1.29, 1.82) is 0 Å². The molecule has 1 amide bonds. The largest absolute Gasteiger partial charge is 0.453 e. The summed E-state index contributed by atoms with van der Waals surface area (Å²) < 4.78 is 33.4. The molecule has 0 saturated carbocycles. The zero-order chi connectivity index (χ0) is 17.3. The number of unbranched alkanes of at least 4 members (excludes halogenated alkanes) is 1. The van der Waals surface area contributed by atoms with Gasteiger partial charge >= 0.3 is 6.09 Å². The number of ether oxygens (including phenoxy) is 1. The molecule has 7 nitrogen and oxygen atoms in total. The van der Waals surface area contributed by atoms with Crippen LogP contribution >= 0.6 is 0 Å². The van der Waals surface area contributed by atoms with Crippen LogP contribution in [0.1, 0.15) is 45.4 Å². The van der Waals surface area contributed by atoms with Crippen LogP contribution in [0.3, 0.4) is 0 Å².